The van der Waals surface area contributed by atoms with Gasteiger partial charge in [-0.25, -0.2) is 0 Å². The summed E-state index contributed by atoms with van der Waals surface area (Å²) in [6.45, 7) is 4.98. The van der Waals surface area contributed by atoms with Crippen LogP contribution in [0, 0.1) is 11.8 Å². The smallest absolute Gasteiger partial charge is 0.306 e. The lowest BCUT2D eigenvalue weighted by Gasteiger charge is -2.32. The van der Waals surface area contributed by atoms with Crippen molar-refractivity contribution in [2.45, 2.75) is 26.7 Å². The Balaban J connectivity index is 2.63. The summed E-state index contributed by atoms with van der Waals surface area (Å²) in [6, 6.07) is 0. The van der Waals surface area contributed by atoms with Gasteiger partial charge in [0.1, 0.15) is 0 Å². The zero-order valence-electron chi connectivity index (χ0n) is 11.2. The van der Waals surface area contributed by atoms with Gasteiger partial charge < -0.3 is 5.11 Å². The fourth-order valence-corrected chi connectivity index (χ4v) is 3.69. The van der Waals surface area contributed by atoms with Gasteiger partial charge >= 0.3 is 5.97 Å². The number of carbonyl (C=O) groups is 1. The quantitative estimate of drug-likeness (QED) is 0.799. The minimum absolute atomic E-state index is 0.265. The molecule has 1 aliphatic heterocycles. The summed E-state index contributed by atoms with van der Waals surface area (Å²) in [7, 11) is -1.86. The maximum atomic E-state index is 12.2. The molecule has 0 aromatic heterocycles. The highest BCUT2D eigenvalue weighted by atomic mass is 32.2. The van der Waals surface area contributed by atoms with Crippen LogP contribution in [0.4, 0.5) is 0 Å². The van der Waals surface area contributed by atoms with Crippen LogP contribution in [-0.4, -0.2) is 54.8 Å². The molecule has 0 radical (unpaired) electrons. The number of carboxylic acids is 1. The lowest BCUT2D eigenvalue weighted by molar-refractivity contribution is -0.142. The molecular weight excluding hydrogens is 256 g/mol. The van der Waals surface area contributed by atoms with Gasteiger partial charge in [0.2, 0.25) is 0 Å². The first kappa shape index (κ1) is 15.4. The number of nitrogens with zero attached hydrogens (tertiary/aromatic N) is 2. The number of rotatable bonds is 5. The van der Waals surface area contributed by atoms with Gasteiger partial charge in [0, 0.05) is 26.7 Å². The molecule has 0 aromatic rings. The van der Waals surface area contributed by atoms with Gasteiger partial charge in [-0.3, -0.25) is 4.79 Å². The van der Waals surface area contributed by atoms with E-state index in [0.717, 1.165) is 0 Å². The van der Waals surface area contributed by atoms with Crippen molar-refractivity contribution in [3.8, 4) is 0 Å². The highest BCUT2D eigenvalue weighted by molar-refractivity contribution is 7.86. The van der Waals surface area contributed by atoms with Gasteiger partial charge in [0.15, 0.2) is 0 Å². The maximum Gasteiger partial charge on any atom is 0.306 e. The molecule has 1 aliphatic rings. The van der Waals surface area contributed by atoms with E-state index in [1.807, 2.05) is 13.8 Å². The van der Waals surface area contributed by atoms with E-state index in [4.69, 9.17) is 5.11 Å². The standard InChI is InChI=1S/C11H22N2O4S/c1-9(2)8-12(3)18(16,17)13-6-4-10(5-7-13)11(14)15/h9-10H,4-8H2,1-3H3,(H,14,15). The highest BCUT2D eigenvalue weighted by Gasteiger charge is 2.33. The van der Waals surface area contributed by atoms with Crippen molar-refractivity contribution in [2.24, 2.45) is 11.8 Å². The van der Waals surface area contributed by atoms with Gasteiger partial charge in [-0.2, -0.15) is 17.0 Å². The molecule has 1 rings (SSSR count). The van der Waals surface area contributed by atoms with Crippen molar-refractivity contribution < 1.29 is 18.3 Å². The van der Waals surface area contributed by atoms with Crippen molar-refractivity contribution in [3.63, 3.8) is 0 Å². The molecule has 0 unspecified atom stereocenters. The second-order valence-electron chi connectivity index (χ2n) is 5.19. The molecule has 0 amide bonds. The van der Waals surface area contributed by atoms with E-state index in [1.54, 1.807) is 7.05 Å². The van der Waals surface area contributed by atoms with Crippen molar-refractivity contribution in [1.29, 1.82) is 0 Å². The van der Waals surface area contributed by atoms with Crippen LogP contribution in [0.5, 0.6) is 0 Å². The van der Waals surface area contributed by atoms with Crippen LogP contribution in [0.3, 0.4) is 0 Å². The lowest BCUT2D eigenvalue weighted by atomic mass is 9.99. The number of hydrogen-bond donors (Lipinski definition) is 1. The van der Waals surface area contributed by atoms with Crippen LogP contribution in [0.25, 0.3) is 0 Å². The third-order valence-electron chi connectivity index (χ3n) is 3.15. The van der Waals surface area contributed by atoms with Gasteiger partial charge in [-0.1, -0.05) is 13.8 Å². The number of aliphatic carboxylic acids is 1. The SMILES string of the molecule is CC(C)CN(C)S(=O)(=O)N1CCC(C(=O)O)CC1. The monoisotopic (exact) mass is 278 g/mol. The minimum Gasteiger partial charge on any atom is -0.481 e. The third kappa shape index (κ3) is 3.66. The first-order valence-corrected chi connectivity index (χ1v) is 7.59. The Labute approximate surface area is 109 Å². The van der Waals surface area contributed by atoms with Crippen LogP contribution in [-0.2, 0) is 15.0 Å². The summed E-state index contributed by atoms with van der Waals surface area (Å²) in [5, 5.41) is 8.88. The summed E-state index contributed by atoms with van der Waals surface area (Å²) in [6.07, 6.45) is 0.786. The predicted molar refractivity (Wildman–Crippen MR) is 68.3 cm³/mol. The second-order valence-corrected chi connectivity index (χ2v) is 7.23. The van der Waals surface area contributed by atoms with E-state index in [1.165, 1.54) is 8.61 Å². The Bertz CT molecular complexity index is 386. The molecule has 0 saturated carbocycles. The van der Waals surface area contributed by atoms with Gasteiger partial charge in [0.25, 0.3) is 10.2 Å². The van der Waals surface area contributed by atoms with Crippen LogP contribution < -0.4 is 0 Å². The molecule has 6 nitrogen and oxygen atoms in total. The molecular formula is C11H22N2O4S. The fourth-order valence-electron chi connectivity index (χ4n) is 2.14. The van der Waals surface area contributed by atoms with E-state index in [0.29, 0.717) is 32.5 Å². The van der Waals surface area contributed by atoms with Crippen LogP contribution in [0.1, 0.15) is 26.7 Å². The Morgan fingerprint density at radius 2 is 1.89 bits per heavy atom. The average Bonchev–Trinajstić information content (AvgIpc) is 2.28. The first-order valence-electron chi connectivity index (χ1n) is 6.19. The number of piperidine rings is 1. The van der Waals surface area contributed by atoms with Gasteiger partial charge in [-0.05, 0) is 18.8 Å². The topological polar surface area (TPSA) is 77.9 Å². The number of carboxylic acid groups (broad SMARTS) is 1. The van der Waals surface area contributed by atoms with Crippen LogP contribution >= 0.6 is 0 Å². The van der Waals surface area contributed by atoms with E-state index in [-0.39, 0.29) is 5.92 Å². The Morgan fingerprint density at radius 3 is 2.28 bits per heavy atom. The van der Waals surface area contributed by atoms with Crippen molar-refractivity contribution in [1.82, 2.24) is 8.61 Å². The molecule has 1 fully saturated rings. The summed E-state index contributed by atoms with van der Waals surface area (Å²) >= 11 is 0. The van der Waals surface area contributed by atoms with Crippen molar-refractivity contribution in [2.75, 3.05) is 26.7 Å². The Hall–Kier alpha value is -0.660. The zero-order chi connectivity index (χ0) is 13.9. The normalized spacial score (nSPS) is 19.6. The summed E-state index contributed by atoms with van der Waals surface area (Å²) in [5.41, 5.74) is 0. The van der Waals surface area contributed by atoms with E-state index in [2.05, 4.69) is 0 Å². The molecule has 1 N–H and O–H groups in total. The average molecular weight is 278 g/mol. The predicted octanol–water partition coefficient (Wildman–Crippen LogP) is 0.616. The molecule has 0 bridgehead atoms. The summed E-state index contributed by atoms with van der Waals surface area (Å²) in [5.74, 6) is -0.976. The van der Waals surface area contributed by atoms with E-state index < -0.39 is 22.1 Å². The molecule has 7 heteroatoms. The molecule has 0 aromatic carbocycles. The summed E-state index contributed by atoms with van der Waals surface area (Å²) < 4.78 is 27.1. The van der Waals surface area contributed by atoms with Crippen molar-refractivity contribution in [3.05, 3.63) is 0 Å². The first-order chi connectivity index (χ1) is 8.25. The van der Waals surface area contributed by atoms with Gasteiger partial charge in [0.05, 0.1) is 5.92 Å². The summed E-state index contributed by atoms with van der Waals surface area (Å²) in [4.78, 5) is 10.8. The number of hydrogen-bond acceptors (Lipinski definition) is 3. The van der Waals surface area contributed by atoms with Crippen molar-refractivity contribution >= 4 is 16.2 Å². The Kier molecular flexibility index (Phi) is 5.12. The third-order valence-corrected chi connectivity index (χ3v) is 5.10. The fraction of sp³-hybridized carbons (Fsp3) is 0.909. The largest absolute Gasteiger partial charge is 0.481 e. The minimum atomic E-state index is -3.43. The second kappa shape index (κ2) is 5.99. The van der Waals surface area contributed by atoms with Crippen LogP contribution in [0.15, 0.2) is 0 Å². The molecule has 1 saturated heterocycles. The zero-order valence-corrected chi connectivity index (χ0v) is 12.0. The van der Waals surface area contributed by atoms with E-state index in [9.17, 15) is 13.2 Å². The van der Waals surface area contributed by atoms with Crippen LogP contribution in [0.2, 0.25) is 0 Å². The molecule has 0 atom stereocenters. The maximum absolute atomic E-state index is 12.2. The van der Waals surface area contributed by atoms with Gasteiger partial charge in [-0.15, -0.1) is 0 Å². The Morgan fingerprint density at radius 1 is 1.39 bits per heavy atom. The molecule has 0 spiro atoms. The van der Waals surface area contributed by atoms with E-state index >= 15 is 0 Å². The highest BCUT2D eigenvalue weighted by Crippen LogP contribution is 2.21. The molecule has 1 heterocycles. The molecule has 106 valence electrons. The lowest BCUT2D eigenvalue weighted by Crippen LogP contribution is -2.47. The molecule has 18 heavy (non-hydrogen) atoms. The molecule has 0 aliphatic carbocycles.